The van der Waals surface area contributed by atoms with Gasteiger partial charge in [-0.3, -0.25) is 19.6 Å². The van der Waals surface area contributed by atoms with Crippen molar-refractivity contribution < 1.29 is 14.7 Å². The molecule has 198 valence electrons. The molecule has 1 atom stereocenters. The van der Waals surface area contributed by atoms with Gasteiger partial charge < -0.3 is 26.4 Å². The Kier molecular flexibility index (Phi) is 10.9. The molecule has 1 amide bonds. The molecule has 10 heteroatoms. The Labute approximate surface area is 226 Å². The molecule has 1 aliphatic rings. The van der Waals surface area contributed by atoms with Crippen LogP contribution in [0.25, 0.3) is 10.8 Å². The number of primary amides is 1. The minimum Gasteiger partial charge on any atom is -0.394 e. The Morgan fingerprint density at radius 3 is 2.55 bits per heavy atom. The third kappa shape index (κ3) is 8.19. The Hall–Kier alpha value is -4.15. The number of rotatable bonds is 11. The van der Waals surface area contributed by atoms with E-state index in [1.807, 2.05) is 30.3 Å². The highest BCUT2D eigenvalue weighted by molar-refractivity contribution is 8.03. The molecule has 3 aromatic rings. The van der Waals surface area contributed by atoms with E-state index in [2.05, 4.69) is 56.5 Å². The van der Waals surface area contributed by atoms with Crippen molar-refractivity contribution in [1.82, 2.24) is 10.2 Å². The van der Waals surface area contributed by atoms with E-state index in [1.165, 1.54) is 22.5 Å². The van der Waals surface area contributed by atoms with Crippen LogP contribution in [0.15, 0.2) is 87.4 Å². The van der Waals surface area contributed by atoms with Crippen molar-refractivity contribution in [3.63, 3.8) is 0 Å². The van der Waals surface area contributed by atoms with E-state index in [0.29, 0.717) is 16.5 Å². The van der Waals surface area contributed by atoms with Crippen LogP contribution in [0.3, 0.4) is 0 Å². The topological polar surface area (TPSA) is 132 Å². The number of nitrogens with one attached hydrogen (secondary N) is 2. The number of fused-ring (bicyclic) bond motifs is 1. The number of thioether (sulfide) groups is 1. The zero-order valence-corrected chi connectivity index (χ0v) is 22.0. The summed E-state index contributed by atoms with van der Waals surface area (Å²) in [7, 11) is 1.71. The minimum atomic E-state index is -0.599. The zero-order chi connectivity index (χ0) is 27.3. The average molecular weight is 533 g/mol. The predicted molar refractivity (Wildman–Crippen MR) is 156 cm³/mol. The van der Waals surface area contributed by atoms with Gasteiger partial charge in [-0.2, -0.15) is 0 Å². The van der Waals surface area contributed by atoms with E-state index < -0.39 is 5.91 Å². The molecular formula is C28H32N6O3S. The summed E-state index contributed by atoms with van der Waals surface area (Å²) in [6.45, 7) is 4.98. The summed E-state index contributed by atoms with van der Waals surface area (Å²) in [5, 5.41) is 18.1. The molecular weight excluding hydrogens is 500 g/mol. The zero-order valence-electron chi connectivity index (χ0n) is 21.2. The molecule has 0 spiro atoms. The lowest BCUT2D eigenvalue weighted by molar-refractivity contribution is -0.114. The van der Waals surface area contributed by atoms with Gasteiger partial charge in [0.2, 0.25) is 0 Å². The number of aliphatic imine (C=N–C) groups is 2. The summed E-state index contributed by atoms with van der Waals surface area (Å²) in [5.41, 5.74) is 8.24. The number of aldehydes is 1. The second-order valence-electron chi connectivity index (χ2n) is 8.37. The summed E-state index contributed by atoms with van der Waals surface area (Å²) < 4.78 is 0. The van der Waals surface area contributed by atoms with E-state index in [4.69, 9.17) is 10.8 Å². The molecule has 0 aliphatic carbocycles. The van der Waals surface area contributed by atoms with Gasteiger partial charge in [0, 0.05) is 31.4 Å². The molecule has 1 unspecified atom stereocenters. The standard InChI is InChI=1S/C16H18N4OS.C12H14N2O2/c1-18-14(15(17)21)16(19-2)22-10-20-13-8-7-11-5-3-4-6-12(11)9-13;15-7-11-3-1-10(2-4-11)5-14-6-12(8-16)13-9-14/h3-9,19-20H,1,10H2,2H3,(H2,17,21);1-4,7,9,12,16H,5-6,8H2/b16-14-;. The highest BCUT2D eigenvalue weighted by Crippen LogP contribution is 2.22. The van der Waals surface area contributed by atoms with Crippen LogP contribution in [0, 0.1) is 0 Å². The SMILES string of the molecule is C=N/C(C(N)=O)=C(/NC)SCNc1ccc2ccccc2c1.O=Cc1ccc(CN2C=NC(CO)C2)cc1. The third-order valence-corrected chi connectivity index (χ3v) is 6.65. The van der Waals surface area contributed by atoms with Crippen LogP contribution in [0.4, 0.5) is 5.69 Å². The van der Waals surface area contributed by atoms with Gasteiger partial charge >= 0.3 is 0 Å². The Bertz CT molecular complexity index is 1310. The molecule has 1 heterocycles. The van der Waals surface area contributed by atoms with Gasteiger partial charge in [-0.15, -0.1) is 0 Å². The van der Waals surface area contributed by atoms with Crippen molar-refractivity contribution >= 4 is 53.5 Å². The molecule has 5 N–H and O–H groups in total. The molecule has 0 saturated carbocycles. The average Bonchev–Trinajstić information content (AvgIpc) is 3.40. The largest absolute Gasteiger partial charge is 0.394 e. The number of hydrogen-bond acceptors (Lipinski definition) is 9. The smallest absolute Gasteiger partial charge is 0.269 e. The lowest BCUT2D eigenvalue weighted by Gasteiger charge is -2.15. The number of benzene rings is 3. The molecule has 1 aliphatic heterocycles. The van der Waals surface area contributed by atoms with E-state index in [9.17, 15) is 9.59 Å². The maximum Gasteiger partial charge on any atom is 0.269 e. The first-order chi connectivity index (χ1) is 18.5. The number of aliphatic hydroxyl groups is 1. The van der Waals surface area contributed by atoms with Crippen molar-refractivity contribution in [3.8, 4) is 0 Å². The number of nitrogens with zero attached hydrogens (tertiary/aromatic N) is 3. The first-order valence-electron chi connectivity index (χ1n) is 11.9. The van der Waals surface area contributed by atoms with Crippen molar-refractivity contribution in [2.75, 3.05) is 31.4 Å². The first kappa shape index (κ1) is 28.4. The molecule has 0 fully saturated rings. The summed E-state index contributed by atoms with van der Waals surface area (Å²) >= 11 is 1.41. The molecule has 0 bridgehead atoms. The molecule has 0 aromatic heterocycles. The monoisotopic (exact) mass is 532 g/mol. The highest BCUT2D eigenvalue weighted by Gasteiger charge is 2.16. The number of nitrogens with two attached hydrogens (primary N) is 1. The molecule has 38 heavy (non-hydrogen) atoms. The van der Waals surface area contributed by atoms with Crippen molar-refractivity contribution in [2.24, 2.45) is 15.7 Å². The number of carbonyl (C=O) groups excluding carboxylic acids is 2. The second-order valence-corrected chi connectivity index (χ2v) is 9.35. The van der Waals surface area contributed by atoms with Gasteiger partial charge in [0.1, 0.15) is 11.3 Å². The van der Waals surface area contributed by atoms with Crippen LogP contribution in [0.5, 0.6) is 0 Å². The summed E-state index contributed by atoms with van der Waals surface area (Å²) in [6.07, 6.45) is 2.61. The van der Waals surface area contributed by atoms with E-state index in [0.717, 1.165) is 30.6 Å². The van der Waals surface area contributed by atoms with E-state index in [-0.39, 0.29) is 18.3 Å². The Morgan fingerprint density at radius 1 is 1.21 bits per heavy atom. The predicted octanol–water partition coefficient (Wildman–Crippen LogP) is 3.22. The fourth-order valence-electron chi connectivity index (χ4n) is 3.71. The Morgan fingerprint density at radius 2 is 1.95 bits per heavy atom. The van der Waals surface area contributed by atoms with Crippen LogP contribution in [-0.2, 0) is 11.3 Å². The van der Waals surface area contributed by atoms with Crippen LogP contribution < -0.4 is 16.4 Å². The normalized spacial score (nSPS) is 14.8. The van der Waals surface area contributed by atoms with Gasteiger partial charge in [0.05, 0.1) is 24.9 Å². The second kappa shape index (κ2) is 14.6. The van der Waals surface area contributed by atoms with E-state index in [1.54, 1.807) is 25.5 Å². The number of carbonyl (C=O) groups is 2. The summed E-state index contributed by atoms with van der Waals surface area (Å²) in [5.74, 6) is -0.0292. The van der Waals surface area contributed by atoms with Crippen LogP contribution >= 0.6 is 11.8 Å². The molecule has 3 aromatic carbocycles. The number of anilines is 1. The van der Waals surface area contributed by atoms with Gasteiger partial charge in [-0.1, -0.05) is 66.4 Å². The lowest BCUT2D eigenvalue weighted by Crippen LogP contribution is -2.24. The maximum absolute atomic E-state index is 11.3. The summed E-state index contributed by atoms with van der Waals surface area (Å²) in [4.78, 5) is 31.6. The van der Waals surface area contributed by atoms with Gasteiger partial charge in [0.15, 0.2) is 5.70 Å². The van der Waals surface area contributed by atoms with Gasteiger partial charge in [0.25, 0.3) is 5.91 Å². The highest BCUT2D eigenvalue weighted by atomic mass is 32.2. The van der Waals surface area contributed by atoms with E-state index >= 15 is 0 Å². The van der Waals surface area contributed by atoms with Crippen LogP contribution in [0.1, 0.15) is 15.9 Å². The number of hydrogen-bond donors (Lipinski definition) is 4. The molecule has 9 nitrogen and oxygen atoms in total. The minimum absolute atomic E-state index is 0.00856. The van der Waals surface area contributed by atoms with Gasteiger partial charge in [-0.05, 0) is 35.2 Å². The fourth-order valence-corrected chi connectivity index (χ4v) is 4.54. The maximum atomic E-state index is 11.3. The quantitative estimate of drug-likeness (QED) is 0.129. The van der Waals surface area contributed by atoms with Crippen molar-refractivity contribution in [1.29, 1.82) is 0 Å². The van der Waals surface area contributed by atoms with Crippen LogP contribution in [-0.4, -0.2) is 67.4 Å². The van der Waals surface area contributed by atoms with Crippen LogP contribution in [0.2, 0.25) is 0 Å². The Balaban J connectivity index is 0.000000221. The lowest BCUT2D eigenvalue weighted by atomic mass is 10.1. The first-order valence-corrected chi connectivity index (χ1v) is 12.9. The number of aliphatic hydroxyl groups excluding tert-OH is 1. The van der Waals surface area contributed by atoms with Crippen molar-refractivity contribution in [2.45, 2.75) is 12.6 Å². The van der Waals surface area contributed by atoms with Gasteiger partial charge in [-0.25, -0.2) is 0 Å². The molecule has 0 saturated heterocycles. The number of amides is 1. The van der Waals surface area contributed by atoms with Crippen molar-refractivity contribution in [3.05, 3.63) is 88.6 Å². The third-order valence-electron chi connectivity index (χ3n) is 5.67. The molecule has 0 radical (unpaired) electrons. The fraction of sp³-hybridized carbons (Fsp3) is 0.214. The molecule has 4 rings (SSSR count). The summed E-state index contributed by atoms with van der Waals surface area (Å²) in [6, 6.07) is 21.8.